The fourth-order valence-electron chi connectivity index (χ4n) is 10.3. The first kappa shape index (κ1) is 71.2. The van der Waals surface area contributed by atoms with Gasteiger partial charge in [0.05, 0.1) is 25.0 Å². The largest absolute Gasteiger partial charge is 0.480 e. The van der Waals surface area contributed by atoms with E-state index in [0.29, 0.717) is 61.3 Å². The van der Waals surface area contributed by atoms with E-state index in [-0.39, 0.29) is 63.3 Å². The van der Waals surface area contributed by atoms with E-state index in [1.54, 1.807) is 58.0 Å². The molecule has 5 rings (SSSR count). The third kappa shape index (κ3) is 21.9. The van der Waals surface area contributed by atoms with Crippen molar-refractivity contribution in [1.29, 1.82) is 0 Å². The van der Waals surface area contributed by atoms with Gasteiger partial charge in [0, 0.05) is 67.9 Å². The molecule has 3 aromatic heterocycles. The first-order chi connectivity index (χ1) is 42.4. The van der Waals surface area contributed by atoms with Crippen molar-refractivity contribution >= 4 is 59.1 Å². The minimum Gasteiger partial charge on any atom is -0.480 e. The van der Waals surface area contributed by atoms with Gasteiger partial charge in [-0.05, 0) is 74.3 Å². The number of aromatic nitrogens is 6. The number of carboxylic acid groups (broad SMARTS) is 1. The number of amides is 9. The molecule has 28 nitrogen and oxygen atoms in total. The predicted octanol–water partition coefficient (Wildman–Crippen LogP) is 0.331. The Hall–Kier alpha value is -8.53. The van der Waals surface area contributed by atoms with Crippen LogP contribution in [0.4, 0.5) is 0 Å². The third-order valence-electron chi connectivity index (χ3n) is 16.1. The Labute approximate surface area is 519 Å². The highest BCUT2D eigenvalue weighted by Gasteiger charge is 2.41. The molecule has 4 heterocycles. The molecule has 0 spiro atoms. The average Bonchev–Trinajstić information content (AvgIpc) is 3.90. The van der Waals surface area contributed by atoms with E-state index in [4.69, 9.17) is 11.5 Å². The van der Waals surface area contributed by atoms with Crippen LogP contribution in [-0.2, 0) is 73.6 Å². The van der Waals surface area contributed by atoms with Gasteiger partial charge in [-0.3, -0.25) is 43.2 Å². The predicted molar refractivity (Wildman–Crippen MR) is 329 cm³/mol. The van der Waals surface area contributed by atoms with Gasteiger partial charge in [-0.25, -0.2) is 19.7 Å². The van der Waals surface area contributed by atoms with Crippen LogP contribution in [0, 0.1) is 23.7 Å². The van der Waals surface area contributed by atoms with E-state index in [1.165, 1.54) is 42.5 Å². The van der Waals surface area contributed by atoms with Crippen LogP contribution < -0.4 is 54.0 Å². The molecular weight excluding hydrogens is 1150 g/mol. The number of hydrogen-bond acceptors (Lipinski definition) is 15. The minimum atomic E-state index is -1.39. The molecule has 12 atom stereocenters. The number of benzene rings is 1. The molecule has 9 amide bonds. The van der Waals surface area contributed by atoms with E-state index in [2.05, 4.69) is 72.4 Å². The fraction of sp³-hybridized carbons (Fsp3) is 0.590. The lowest BCUT2D eigenvalue weighted by molar-refractivity contribution is -0.142. The van der Waals surface area contributed by atoms with Crippen LogP contribution >= 0.6 is 0 Å². The lowest BCUT2D eigenvalue weighted by Crippen LogP contribution is -2.62. The summed E-state index contributed by atoms with van der Waals surface area (Å²) in [6.45, 7) is 14.8. The van der Waals surface area contributed by atoms with Gasteiger partial charge < -0.3 is 79.0 Å². The molecular formula is C61H93N17O11. The Kier molecular flexibility index (Phi) is 28.4. The van der Waals surface area contributed by atoms with Crippen LogP contribution in [0.25, 0.3) is 0 Å². The number of nitrogens with two attached hydrogens (primary N) is 2. The molecule has 1 saturated heterocycles. The number of nitrogens with zero attached hydrogens (tertiary/aromatic N) is 4. The zero-order valence-corrected chi connectivity index (χ0v) is 52.3. The smallest absolute Gasteiger partial charge is 0.326 e. The van der Waals surface area contributed by atoms with Crippen molar-refractivity contribution < 1.29 is 53.1 Å². The summed E-state index contributed by atoms with van der Waals surface area (Å²) < 4.78 is 0. The Morgan fingerprint density at radius 3 is 1.54 bits per heavy atom. The van der Waals surface area contributed by atoms with Crippen LogP contribution in [-0.4, -0.2) is 173 Å². The molecule has 16 N–H and O–H groups in total. The maximum atomic E-state index is 14.8. The van der Waals surface area contributed by atoms with E-state index in [1.807, 2.05) is 27.7 Å². The van der Waals surface area contributed by atoms with E-state index < -0.39 is 131 Å². The Morgan fingerprint density at radius 2 is 1.04 bits per heavy atom. The van der Waals surface area contributed by atoms with Gasteiger partial charge in [-0.2, -0.15) is 0 Å². The lowest BCUT2D eigenvalue weighted by Gasteiger charge is -2.31. The van der Waals surface area contributed by atoms with Crippen LogP contribution in [0.15, 0.2) is 67.9 Å². The van der Waals surface area contributed by atoms with Gasteiger partial charge in [-0.15, -0.1) is 0 Å². The second-order valence-corrected chi connectivity index (χ2v) is 23.9. The molecule has 1 aliphatic rings. The molecule has 0 radical (unpaired) electrons. The SMILES string of the molecule is CC[C@H](C)[C@H](N)C(=O)N[C@@H](Cc1cnc[nH]1)C(=O)N1CCC[C@H]1C(=O)N[C@@H](Cc1ccccc1)C(=O)N[C@@H](Cc1cnc[nH]1)C(=O)N[C@@H](CC(C)C)C(=O)N[C@H](C(=O)N[C@H](C(=O)N[C@@H](Cc1cnc[nH]1)C(=O)N[C@@H](CCCCN)C(=O)O)[C@@H](C)CC)C(C)C. The molecule has 89 heavy (non-hydrogen) atoms. The van der Waals surface area contributed by atoms with Gasteiger partial charge in [0.25, 0.3) is 0 Å². The van der Waals surface area contributed by atoms with Gasteiger partial charge in [0.2, 0.25) is 53.2 Å². The van der Waals surface area contributed by atoms with Gasteiger partial charge >= 0.3 is 5.97 Å². The van der Waals surface area contributed by atoms with Crippen molar-refractivity contribution in [3.05, 3.63) is 90.5 Å². The summed E-state index contributed by atoms with van der Waals surface area (Å²) in [5.74, 6) is -9.02. The summed E-state index contributed by atoms with van der Waals surface area (Å²) in [6.07, 6.45) is 11.3. The maximum absolute atomic E-state index is 14.8. The standard InChI is InChI=1S/C61H93N17O11/c1-9-36(7)49(63)57(84)75-47(27-41-30-66-33-69-41)60(87)78-22-16-20-48(78)56(83)73-44(24-38-17-12-11-13-18-38)52(79)72-45(25-39-28-64-31-67-39)54(81)71-43(23-34(3)4)55(82)76-50(35(5)6)58(85)77-51(37(8)10-2)59(86)74-46(26-40-29-65-32-68-40)53(80)70-42(61(88)89)19-14-15-21-62/h11-13,17-18,28-37,42-51H,9-10,14-16,19-27,62-63H2,1-8H3,(H,64,67)(H,65,68)(H,66,69)(H,70,80)(H,71,81)(H,72,79)(H,73,83)(H,74,86)(H,75,84)(H,76,82)(H,77,85)(H,88,89)/t36-,37-,42-,43-,44-,45-,46-,47-,48-,49-,50-,51-/m0/s1. The Balaban J connectivity index is 1.36. The molecule has 0 saturated carbocycles. The maximum Gasteiger partial charge on any atom is 0.326 e. The Morgan fingerprint density at radius 1 is 0.573 bits per heavy atom. The van der Waals surface area contributed by atoms with Crippen LogP contribution in [0.3, 0.4) is 0 Å². The molecule has 1 fully saturated rings. The zero-order valence-electron chi connectivity index (χ0n) is 52.3. The first-order valence-electron chi connectivity index (χ1n) is 30.8. The minimum absolute atomic E-state index is 0.0322. The number of unbranched alkanes of at least 4 members (excludes halogenated alkanes) is 1. The number of carbonyl (C=O) groups excluding carboxylic acids is 9. The van der Waals surface area contributed by atoms with Gasteiger partial charge in [-0.1, -0.05) is 98.6 Å². The van der Waals surface area contributed by atoms with Crippen LogP contribution in [0.5, 0.6) is 0 Å². The number of imidazole rings is 3. The quantitative estimate of drug-likeness (QED) is 0.0271. The number of aromatic amines is 3. The van der Waals surface area contributed by atoms with E-state index >= 15 is 0 Å². The van der Waals surface area contributed by atoms with Crippen LogP contribution in [0.1, 0.15) is 129 Å². The Bertz CT molecular complexity index is 2910. The highest BCUT2D eigenvalue weighted by atomic mass is 16.4. The van der Waals surface area contributed by atoms with Gasteiger partial charge in [0.15, 0.2) is 0 Å². The molecule has 1 aromatic carbocycles. The monoisotopic (exact) mass is 1240 g/mol. The lowest BCUT2D eigenvalue weighted by atomic mass is 9.95. The van der Waals surface area contributed by atoms with E-state index in [0.717, 1.165) is 0 Å². The highest BCUT2D eigenvalue weighted by molar-refractivity contribution is 5.99. The number of hydrogen-bond donors (Lipinski definition) is 14. The van der Waals surface area contributed by atoms with Crippen molar-refractivity contribution in [2.75, 3.05) is 13.1 Å². The summed E-state index contributed by atoms with van der Waals surface area (Å²) in [7, 11) is 0. The zero-order chi connectivity index (χ0) is 65.3. The number of likely N-dealkylation sites (tertiary alicyclic amines) is 1. The second-order valence-electron chi connectivity index (χ2n) is 23.9. The summed E-state index contributed by atoms with van der Waals surface area (Å²) >= 11 is 0. The molecule has 4 aromatic rings. The normalized spacial score (nSPS) is 16.9. The molecule has 0 bridgehead atoms. The van der Waals surface area contributed by atoms with Crippen molar-refractivity contribution in [2.45, 2.75) is 193 Å². The summed E-state index contributed by atoms with van der Waals surface area (Å²) in [6, 6.07) is -3.27. The molecule has 28 heteroatoms. The van der Waals surface area contributed by atoms with Crippen molar-refractivity contribution in [1.82, 2.24) is 77.3 Å². The summed E-state index contributed by atoms with van der Waals surface area (Å²) in [5, 5.41) is 32.1. The number of H-pyrrole nitrogens is 3. The molecule has 488 valence electrons. The van der Waals surface area contributed by atoms with Crippen LogP contribution in [0.2, 0.25) is 0 Å². The summed E-state index contributed by atoms with van der Waals surface area (Å²) in [4.78, 5) is 164. The highest BCUT2D eigenvalue weighted by Crippen LogP contribution is 2.22. The first-order valence-corrected chi connectivity index (χ1v) is 30.8. The van der Waals surface area contributed by atoms with Gasteiger partial charge in [0.1, 0.15) is 54.4 Å². The fourth-order valence-corrected chi connectivity index (χ4v) is 10.3. The topological polar surface area (TPSA) is 428 Å². The number of aliphatic carboxylic acids is 1. The number of rotatable bonds is 37. The van der Waals surface area contributed by atoms with Crippen molar-refractivity contribution in [3.8, 4) is 0 Å². The third-order valence-corrected chi connectivity index (χ3v) is 16.1. The van der Waals surface area contributed by atoms with Crippen molar-refractivity contribution in [3.63, 3.8) is 0 Å². The van der Waals surface area contributed by atoms with Crippen molar-refractivity contribution in [2.24, 2.45) is 35.1 Å². The molecule has 0 aliphatic carbocycles. The number of nitrogens with one attached hydrogen (secondary N) is 11. The second kappa shape index (κ2) is 35.5. The number of carbonyl (C=O) groups is 10. The molecule has 1 aliphatic heterocycles. The molecule has 0 unspecified atom stereocenters. The average molecular weight is 1240 g/mol. The number of carboxylic acids is 1. The van der Waals surface area contributed by atoms with E-state index in [9.17, 15) is 53.1 Å². The summed E-state index contributed by atoms with van der Waals surface area (Å²) in [5.41, 5.74) is 14.0.